The predicted octanol–water partition coefficient (Wildman–Crippen LogP) is 2.19. The maximum atomic E-state index is 13.8. The minimum absolute atomic E-state index is 0.104. The van der Waals surface area contributed by atoms with E-state index in [1.165, 1.54) is 11.3 Å². The molecule has 1 aromatic heterocycles. The van der Waals surface area contributed by atoms with Crippen molar-refractivity contribution >= 4 is 16.5 Å². The zero-order valence-electron chi connectivity index (χ0n) is 15.3. The fraction of sp³-hybridized carbons (Fsp3) is 0.765. The molecular formula is C17H29N5O2S. The molecule has 0 saturated carbocycles. The number of unbranched alkanes of at least 4 members (excludes halogenated alkanes) is 1. The van der Waals surface area contributed by atoms with Gasteiger partial charge in [0.25, 0.3) is 0 Å². The Morgan fingerprint density at radius 3 is 2.88 bits per heavy atom. The van der Waals surface area contributed by atoms with Gasteiger partial charge in [0.1, 0.15) is 11.7 Å². The van der Waals surface area contributed by atoms with E-state index >= 15 is 0 Å². The van der Waals surface area contributed by atoms with Crippen molar-refractivity contribution in [3.8, 4) is 0 Å². The lowest BCUT2D eigenvalue weighted by atomic mass is 10.2. The number of hydrogen-bond donors (Lipinski definition) is 0. The van der Waals surface area contributed by atoms with Gasteiger partial charge in [-0.2, -0.15) is 0 Å². The Morgan fingerprint density at radius 1 is 1.36 bits per heavy atom. The molecule has 2 saturated heterocycles. The van der Waals surface area contributed by atoms with Crippen molar-refractivity contribution in [2.45, 2.75) is 39.3 Å². The number of ether oxygens (including phenoxy) is 1. The molecule has 7 nitrogen and oxygen atoms in total. The maximum Gasteiger partial charge on any atom is 0.309 e. The molecule has 3 rings (SSSR count). The summed E-state index contributed by atoms with van der Waals surface area (Å²) in [4.78, 5) is 4.50. The highest BCUT2D eigenvalue weighted by molar-refractivity contribution is 7.15. The number of morpholine rings is 1. The van der Waals surface area contributed by atoms with Gasteiger partial charge in [0.15, 0.2) is 6.17 Å². The topological polar surface area (TPSA) is 64.6 Å². The first-order valence-corrected chi connectivity index (χ1v) is 10.1. The van der Waals surface area contributed by atoms with Crippen LogP contribution in [0.5, 0.6) is 0 Å². The molecule has 0 N–H and O–H groups in total. The third-order valence-corrected chi connectivity index (χ3v) is 6.10. The molecule has 2 fully saturated rings. The Morgan fingerprint density at radius 2 is 2.16 bits per heavy atom. The van der Waals surface area contributed by atoms with E-state index in [4.69, 9.17) is 4.74 Å². The minimum atomic E-state index is -0.389. The van der Waals surface area contributed by atoms with E-state index in [-0.39, 0.29) is 10.8 Å². The van der Waals surface area contributed by atoms with E-state index in [1.54, 1.807) is 0 Å². The fourth-order valence-corrected chi connectivity index (χ4v) is 4.47. The van der Waals surface area contributed by atoms with Crippen molar-refractivity contribution in [1.29, 1.82) is 0 Å². The first-order chi connectivity index (χ1) is 12.2. The number of likely N-dealkylation sites (N-methyl/N-ethyl adjacent to an activating group) is 1. The fourth-order valence-electron chi connectivity index (χ4n) is 3.52. The van der Waals surface area contributed by atoms with Gasteiger partial charge in [-0.05, 0) is 31.1 Å². The second kappa shape index (κ2) is 8.66. The summed E-state index contributed by atoms with van der Waals surface area (Å²) in [6.07, 6.45) is 7.11. The van der Waals surface area contributed by atoms with Gasteiger partial charge in [-0.25, -0.2) is 9.80 Å². The third-order valence-electron chi connectivity index (χ3n) is 5.00. The highest BCUT2D eigenvalue weighted by Gasteiger charge is 2.46. The van der Waals surface area contributed by atoms with Crippen molar-refractivity contribution in [3.05, 3.63) is 22.4 Å². The van der Waals surface area contributed by atoms with Gasteiger partial charge >= 0.3 is 5.13 Å². The van der Waals surface area contributed by atoms with Gasteiger partial charge in [0.05, 0.1) is 19.8 Å². The summed E-state index contributed by atoms with van der Waals surface area (Å²) in [5.41, 5.74) is 0. The zero-order valence-corrected chi connectivity index (χ0v) is 16.1. The van der Waals surface area contributed by atoms with Gasteiger partial charge in [0.2, 0.25) is 0 Å². The molecule has 2 unspecified atom stereocenters. The Bertz CT molecular complexity index is 575. The van der Waals surface area contributed by atoms with Crippen LogP contribution in [-0.4, -0.2) is 72.2 Å². The molecule has 0 radical (unpaired) electrons. The van der Waals surface area contributed by atoms with Gasteiger partial charge in [-0.1, -0.05) is 24.2 Å². The van der Waals surface area contributed by atoms with Crippen molar-refractivity contribution in [1.82, 2.24) is 24.6 Å². The Kier molecular flexibility index (Phi) is 6.54. The molecular weight excluding hydrogens is 338 g/mol. The van der Waals surface area contributed by atoms with Crippen LogP contribution in [0.2, 0.25) is 0 Å². The second-order valence-corrected chi connectivity index (χ2v) is 7.72. The molecule has 2 aliphatic heterocycles. The molecule has 0 bridgehead atoms. The number of hydroxylamine groups is 2. The number of aromatic nitrogens is 2. The summed E-state index contributed by atoms with van der Waals surface area (Å²) in [6.45, 7) is 9.33. The van der Waals surface area contributed by atoms with Crippen LogP contribution in [0.25, 0.3) is 0 Å². The molecule has 25 heavy (non-hydrogen) atoms. The molecule has 0 spiro atoms. The number of quaternary nitrogens is 1. The minimum Gasteiger partial charge on any atom is -0.623 e. The third kappa shape index (κ3) is 4.27. The van der Waals surface area contributed by atoms with Crippen LogP contribution in [0.1, 0.15) is 31.7 Å². The van der Waals surface area contributed by atoms with Crippen LogP contribution >= 0.6 is 11.3 Å². The monoisotopic (exact) mass is 367 g/mol. The van der Waals surface area contributed by atoms with Gasteiger partial charge < -0.3 is 9.94 Å². The second-order valence-electron chi connectivity index (χ2n) is 6.68. The molecule has 3 heterocycles. The Labute approximate surface area is 154 Å². The Hall–Kier alpha value is -0.900. The number of allylic oxidation sites excluding steroid dienone is 2. The van der Waals surface area contributed by atoms with Crippen LogP contribution in [0.4, 0.5) is 5.13 Å². The Balaban J connectivity index is 1.73. The predicted molar refractivity (Wildman–Crippen MR) is 101 cm³/mol. The summed E-state index contributed by atoms with van der Waals surface area (Å²) < 4.78 is 5.07. The first-order valence-electron chi connectivity index (χ1n) is 9.24. The molecule has 0 aromatic carbocycles. The van der Waals surface area contributed by atoms with E-state index in [0.29, 0.717) is 25.0 Å². The van der Waals surface area contributed by atoms with E-state index in [2.05, 4.69) is 39.1 Å². The van der Waals surface area contributed by atoms with Crippen LogP contribution < -0.4 is 4.65 Å². The molecule has 2 atom stereocenters. The molecule has 0 amide bonds. The number of hydrogen-bond acceptors (Lipinski definition) is 7. The molecule has 1 aromatic rings. The van der Waals surface area contributed by atoms with Crippen LogP contribution in [0.3, 0.4) is 0 Å². The highest BCUT2D eigenvalue weighted by Crippen LogP contribution is 2.35. The molecule has 0 aliphatic carbocycles. The number of rotatable bonds is 7. The zero-order chi connectivity index (χ0) is 17.7. The summed E-state index contributed by atoms with van der Waals surface area (Å²) in [6, 6.07) is 0. The van der Waals surface area contributed by atoms with Gasteiger partial charge in [-0.3, -0.25) is 4.65 Å². The van der Waals surface area contributed by atoms with Crippen LogP contribution in [-0.2, 0) is 11.2 Å². The van der Waals surface area contributed by atoms with Crippen LogP contribution in [0, 0.1) is 5.21 Å². The maximum absolute atomic E-state index is 13.8. The average molecular weight is 368 g/mol. The smallest absolute Gasteiger partial charge is 0.309 e. The van der Waals surface area contributed by atoms with Gasteiger partial charge in [0, 0.05) is 26.1 Å². The summed E-state index contributed by atoms with van der Waals surface area (Å²) in [5, 5.41) is 24.0. The normalized spacial score (nSPS) is 29.0. The van der Waals surface area contributed by atoms with E-state index in [9.17, 15) is 5.21 Å². The molecule has 2 aliphatic rings. The SMILES string of the molecule is CC=CCCCc1nnc([N+]2([O-])CN(CC)CC2N2CCOCC2)s1. The number of aryl methyl sites for hydroxylation is 1. The lowest BCUT2D eigenvalue weighted by Gasteiger charge is -2.45. The molecule has 140 valence electrons. The highest BCUT2D eigenvalue weighted by atomic mass is 32.1. The lowest BCUT2D eigenvalue weighted by molar-refractivity contribution is -0.00415. The molecule has 8 heteroatoms. The van der Waals surface area contributed by atoms with Crippen molar-refractivity contribution < 1.29 is 4.74 Å². The lowest BCUT2D eigenvalue weighted by Crippen LogP contribution is -2.59. The largest absolute Gasteiger partial charge is 0.623 e. The average Bonchev–Trinajstić information content (AvgIpc) is 3.25. The quantitative estimate of drug-likeness (QED) is 0.319. The summed E-state index contributed by atoms with van der Waals surface area (Å²) >= 11 is 1.50. The van der Waals surface area contributed by atoms with Crippen LogP contribution in [0.15, 0.2) is 12.2 Å². The van der Waals surface area contributed by atoms with Crippen molar-refractivity contribution in [3.63, 3.8) is 0 Å². The standard InChI is InChI=1S/C17H29N5O2S/c1-3-5-6-7-8-15-18-19-17(25-15)22(23)14-20(4-2)13-16(22)21-9-11-24-12-10-21/h3,5,16H,4,6-14H2,1-2H3. The van der Waals surface area contributed by atoms with E-state index in [0.717, 1.165) is 50.4 Å². The van der Waals surface area contributed by atoms with Crippen molar-refractivity contribution in [2.24, 2.45) is 0 Å². The summed E-state index contributed by atoms with van der Waals surface area (Å²) in [5.74, 6) is 0. The number of nitrogens with zero attached hydrogens (tertiary/aromatic N) is 5. The van der Waals surface area contributed by atoms with E-state index in [1.807, 2.05) is 6.92 Å². The van der Waals surface area contributed by atoms with Gasteiger partial charge in [-0.15, -0.1) is 5.10 Å². The first kappa shape index (κ1) is 18.9. The van der Waals surface area contributed by atoms with Crippen molar-refractivity contribution in [2.75, 3.05) is 46.1 Å². The van der Waals surface area contributed by atoms with E-state index < -0.39 is 0 Å². The summed E-state index contributed by atoms with van der Waals surface area (Å²) in [7, 11) is 0.